The summed E-state index contributed by atoms with van der Waals surface area (Å²) in [7, 11) is 0. The highest BCUT2D eigenvalue weighted by Gasteiger charge is 2.08. The second-order valence-corrected chi connectivity index (χ2v) is 3.73. The first kappa shape index (κ1) is 12.2. The quantitative estimate of drug-likeness (QED) is 0.797. The number of halogens is 1. The number of nitrogens with two attached hydrogens (primary N) is 2. The predicted octanol–water partition coefficient (Wildman–Crippen LogP) is 0.0231. The van der Waals surface area contributed by atoms with E-state index >= 15 is 0 Å². The molecule has 1 aromatic heterocycles. The highest BCUT2D eigenvalue weighted by atomic mass is 19.1. The van der Waals surface area contributed by atoms with Crippen molar-refractivity contribution in [2.45, 2.75) is 13.1 Å². The highest BCUT2D eigenvalue weighted by molar-refractivity contribution is 5.92. The minimum Gasteiger partial charge on any atom is -0.366 e. The fourth-order valence-electron chi connectivity index (χ4n) is 1.51. The number of hydrogen-bond acceptors (Lipinski definition) is 4. The van der Waals surface area contributed by atoms with Crippen LogP contribution in [-0.4, -0.2) is 20.7 Å². The summed E-state index contributed by atoms with van der Waals surface area (Å²) in [4.78, 5) is 14.8. The molecule has 0 atom stereocenters. The summed E-state index contributed by atoms with van der Waals surface area (Å²) in [5, 5.41) is 4.04. The lowest BCUT2D eigenvalue weighted by Crippen LogP contribution is -2.12. The van der Waals surface area contributed by atoms with Crippen LogP contribution in [0, 0.1) is 5.82 Å². The Morgan fingerprint density at radius 1 is 1.44 bits per heavy atom. The van der Waals surface area contributed by atoms with Crippen molar-refractivity contribution >= 4 is 5.91 Å². The van der Waals surface area contributed by atoms with Gasteiger partial charge in [-0.3, -0.25) is 4.79 Å². The summed E-state index contributed by atoms with van der Waals surface area (Å²) in [5.74, 6) is -0.674. The second-order valence-electron chi connectivity index (χ2n) is 3.73. The highest BCUT2D eigenvalue weighted by Crippen LogP contribution is 2.11. The van der Waals surface area contributed by atoms with Crippen molar-refractivity contribution in [2.75, 3.05) is 0 Å². The number of benzene rings is 1. The Labute approximate surface area is 102 Å². The van der Waals surface area contributed by atoms with Crippen LogP contribution in [0.4, 0.5) is 4.39 Å². The van der Waals surface area contributed by atoms with Gasteiger partial charge in [-0.25, -0.2) is 14.1 Å². The summed E-state index contributed by atoms with van der Waals surface area (Å²) in [6.45, 7) is 0.452. The van der Waals surface area contributed by atoms with Crippen LogP contribution in [0.1, 0.15) is 21.7 Å². The van der Waals surface area contributed by atoms with Gasteiger partial charge in [-0.05, 0) is 12.1 Å². The third-order valence-electron chi connectivity index (χ3n) is 2.44. The van der Waals surface area contributed by atoms with E-state index in [9.17, 15) is 9.18 Å². The predicted molar refractivity (Wildman–Crippen MR) is 61.9 cm³/mol. The minimum atomic E-state index is -0.661. The zero-order chi connectivity index (χ0) is 13.1. The van der Waals surface area contributed by atoms with Crippen LogP contribution in [-0.2, 0) is 13.1 Å². The van der Waals surface area contributed by atoms with Crippen molar-refractivity contribution in [3.05, 3.63) is 47.3 Å². The Balaban J connectivity index is 2.21. The molecule has 0 spiro atoms. The summed E-state index contributed by atoms with van der Waals surface area (Å²) < 4.78 is 15.2. The van der Waals surface area contributed by atoms with E-state index in [2.05, 4.69) is 10.1 Å². The van der Waals surface area contributed by atoms with E-state index in [1.807, 2.05) is 0 Å². The number of nitrogens with zero attached hydrogens (tertiary/aromatic N) is 3. The van der Waals surface area contributed by atoms with Crippen LogP contribution in [0.5, 0.6) is 0 Å². The number of rotatable bonds is 4. The van der Waals surface area contributed by atoms with Crippen molar-refractivity contribution < 1.29 is 9.18 Å². The SMILES string of the molecule is NCc1ncn(Cc2ccc(C(N)=O)cc2F)n1. The van der Waals surface area contributed by atoms with Gasteiger partial charge in [-0.15, -0.1) is 0 Å². The zero-order valence-electron chi connectivity index (χ0n) is 9.51. The van der Waals surface area contributed by atoms with Gasteiger partial charge in [0, 0.05) is 11.1 Å². The fraction of sp³-hybridized carbons (Fsp3) is 0.182. The largest absolute Gasteiger partial charge is 0.366 e. The van der Waals surface area contributed by atoms with Gasteiger partial charge in [0.2, 0.25) is 5.91 Å². The summed E-state index contributed by atoms with van der Waals surface area (Å²) in [5.41, 5.74) is 11.0. The Kier molecular flexibility index (Phi) is 3.33. The van der Waals surface area contributed by atoms with Crippen LogP contribution >= 0.6 is 0 Å². The molecule has 0 aliphatic heterocycles. The molecule has 0 fully saturated rings. The van der Waals surface area contributed by atoms with Crippen molar-refractivity contribution in [3.8, 4) is 0 Å². The van der Waals surface area contributed by atoms with Gasteiger partial charge in [0.15, 0.2) is 5.82 Å². The van der Waals surface area contributed by atoms with Crippen molar-refractivity contribution in [2.24, 2.45) is 11.5 Å². The third kappa shape index (κ3) is 2.51. The Morgan fingerprint density at radius 2 is 2.22 bits per heavy atom. The van der Waals surface area contributed by atoms with Crippen LogP contribution < -0.4 is 11.5 Å². The van der Waals surface area contributed by atoms with Crippen LogP contribution in [0.2, 0.25) is 0 Å². The average Bonchev–Trinajstić information content (AvgIpc) is 2.79. The molecule has 0 saturated carbocycles. The first-order valence-corrected chi connectivity index (χ1v) is 5.27. The molecule has 2 aromatic rings. The molecule has 6 nitrogen and oxygen atoms in total. The van der Waals surface area contributed by atoms with E-state index in [1.165, 1.54) is 23.1 Å². The smallest absolute Gasteiger partial charge is 0.248 e. The zero-order valence-corrected chi connectivity index (χ0v) is 9.51. The molecule has 1 amide bonds. The van der Waals surface area contributed by atoms with Gasteiger partial charge >= 0.3 is 0 Å². The Bertz CT molecular complexity index is 581. The standard InChI is InChI=1S/C11H12FN5O/c12-9-3-7(11(14)18)1-2-8(9)5-17-6-15-10(4-13)16-17/h1-3,6H,4-5,13H2,(H2,14,18). The molecule has 0 radical (unpaired) electrons. The van der Waals surface area contributed by atoms with E-state index in [4.69, 9.17) is 11.5 Å². The Hall–Kier alpha value is -2.28. The van der Waals surface area contributed by atoms with Crippen molar-refractivity contribution in [1.29, 1.82) is 0 Å². The molecular formula is C11H12FN5O. The lowest BCUT2D eigenvalue weighted by Gasteiger charge is -2.04. The molecular weight excluding hydrogens is 237 g/mol. The molecule has 0 saturated heterocycles. The number of aromatic nitrogens is 3. The van der Waals surface area contributed by atoms with Gasteiger partial charge in [-0.2, -0.15) is 5.10 Å². The third-order valence-corrected chi connectivity index (χ3v) is 2.44. The molecule has 4 N–H and O–H groups in total. The van der Waals surface area contributed by atoms with Gasteiger partial charge in [0.05, 0.1) is 13.1 Å². The normalized spacial score (nSPS) is 10.6. The number of hydrogen-bond donors (Lipinski definition) is 2. The fourth-order valence-corrected chi connectivity index (χ4v) is 1.51. The topological polar surface area (TPSA) is 99.8 Å². The molecule has 2 rings (SSSR count). The molecule has 7 heteroatoms. The van der Waals surface area contributed by atoms with E-state index in [1.54, 1.807) is 0 Å². The molecule has 94 valence electrons. The number of primary amides is 1. The minimum absolute atomic E-state index is 0.137. The summed E-state index contributed by atoms with van der Waals surface area (Å²) >= 11 is 0. The van der Waals surface area contributed by atoms with E-state index in [0.29, 0.717) is 11.4 Å². The molecule has 18 heavy (non-hydrogen) atoms. The second kappa shape index (κ2) is 4.92. The monoisotopic (exact) mass is 249 g/mol. The molecule has 0 bridgehead atoms. The maximum atomic E-state index is 13.7. The van der Waals surface area contributed by atoms with Gasteiger partial charge in [-0.1, -0.05) is 6.07 Å². The first-order valence-electron chi connectivity index (χ1n) is 5.27. The van der Waals surface area contributed by atoms with E-state index in [-0.39, 0.29) is 18.7 Å². The maximum absolute atomic E-state index is 13.7. The molecule has 1 heterocycles. The van der Waals surface area contributed by atoms with Crippen molar-refractivity contribution in [3.63, 3.8) is 0 Å². The molecule has 1 aromatic carbocycles. The van der Waals surface area contributed by atoms with Crippen LogP contribution in [0.3, 0.4) is 0 Å². The van der Waals surface area contributed by atoms with Gasteiger partial charge in [0.1, 0.15) is 12.1 Å². The van der Waals surface area contributed by atoms with Crippen molar-refractivity contribution in [1.82, 2.24) is 14.8 Å². The summed E-state index contributed by atoms with van der Waals surface area (Å²) in [6, 6.07) is 4.08. The van der Waals surface area contributed by atoms with Gasteiger partial charge < -0.3 is 11.5 Å². The molecule has 0 aliphatic carbocycles. The molecule has 0 aliphatic rings. The number of carbonyl (C=O) groups is 1. The molecule has 0 unspecified atom stereocenters. The van der Waals surface area contributed by atoms with E-state index in [0.717, 1.165) is 6.07 Å². The van der Waals surface area contributed by atoms with Crippen LogP contribution in [0.15, 0.2) is 24.5 Å². The van der Waals surface area contributed by atoms with Gasteiger partial charge in [0.25, 0.3) is 0 Å². The first-order chi connectivity index (χ1) is 8.60. The van der Waals surface area contributed by atoms with E-state index < -0.39 is 11.7 Å². The lowest BCUT2D eigenvalue weighted by molar-refractivity contribution is 0.1000. The number of amides is 1. The maximum Gasteiger partial charge on any atom is 0.248 e. The average molecular weight is 249 g/mol. The van der Waals surface area contributed by atoms with Crippen LogP contribution in [0.25, 0.3) is 0 Å². The Morgan fingerprint density at radius 3 is 2.78 bits per heavy atom. The number of carbonyl (C=O) groups excluding carboxylic acids is 1. The lowest BCUT2D eigenvalue weighted by atomic mass is 10.1. The summed E-state index contributed by atoms with van der Waals surface area (Å²) in [6.07, 6.45) is 1.48.